The molecule has 0 aliphatic heterocycles. The third-order valence-electron chi connectivity index (χ3n) is 2.97. The summed E-state index contributed by atoms with van der Waals surface area (Å²) in [6.45, 7) is 8.49. The highest BCUT2D eigenvalue weighted by molar-refractivity contribution is 5.78. The molecule has 0 heterocycles. The molecule has 17 heavy (non-hydrogen) atoms. The number of rotatable bonds is 6. The number of benzene rings is 1. The Kier molecular flexibility index (Phi) is 5.40. The molecule has 0 saturated carbocycles. The van der Waals surface area contributed by atoms with E-state index in [4.69, 9.17) is 0 Å². The van der Waals surface area contributed by atoms with Crippen LogP contribution in [-0.2, 0) is 11.2 Å². The maximum atomic E-state index is 11.6. The minimum atomic E-state index is 0.407. The lowest BCUT2D eigenvalue weighted by atomic mass is 9.93. The molecule has 1 aromatic rings. The van der Waals surface area contributed by atoms with Crippen LogP contribution in [0.3, 0.4) is 0 Å². The fourth-order valence-corrected chi connectivity index (χ4v) is 2.43. The Labute approximate surface area is 105 Å². The van der Waals surface area contributed by atoms with Gasteiger partial charge >= 0.3 is 0 Å². The van der Waals surface area contributed by atoms with Gasteiger partial charge < -0.3 is 0 Å². The van der Waals surface area contributed by atoms with Gasteiger partial charge in [0.15, 0.2) is 0 Å². The van der Waals surface area contributed by atoms with Gasteiger partial charge in [-0.25, -0.2) is 0 Å². The molecule has 0 fully saturated rings. The van der Waals surface area contributed by atoms with Crippen LogP contribution < -0.4 is 0 Å². The van der Waals surface area contributed by atoms with Crippen LogP contribution in [0.4, 0.5) is 0 Å². The average molecular weight is 232 g/mol. The molecule has 0 radical (unpaired) electrons. The van der Waals surface area contributed by atoms with Crippen molar-refractivity contribution in [3.05, 3.63) is 34.9 Å². The van der Waals surface area contributed by atoms with Gasteiger partial charge in [0, 0.05) is 12.8 Å². The van der Waals surface area contributed by atoms with Crippen LogP contribution in [0.5, 0.6) is 0 Å². The molecule has 1 atom stereocenters. The molecular formula is C16H24O. The molecule has 0 saturated heterocycles. The van der Waals surface area contributed by atoms with Crippen LogP contribution in [0.25, 0.3) is 0 Å². The second-order valence-electron chi connectivity index (χ2n) is 5.30. The average Bonchev–Trinajstić information content (AvgIpc) is 2.14. The molecule has 1 rings (SSSR count). The quantitative estimate of drug-likeness (QED) is 0.717. The minimum Gasteiger partial charge on any atom is -0.300 e. The van der Waals surface area contributed by atoms with E-state index in [1.807, 2.05) is 0 Å². The molecule has 0 aromatic heterocycles. The summed E-state index contributed by atoms with van der Waals surface area (Å²) in [6, 6.07) is 6.65. The number of ketones is 1. The second-order valence-corrected chi connectivity index (χ2v) is 5.30. The van der Waals surface area contributed by atoms with E-state index in [0.29, 0.717) is 11.7 Å². The largest absolute Gasteiger partial charge is 0.300 e. The standard InChI is InChI=1S/C16H24O/c1-5-6-16(17)11-14(4)10-15-8-12(2)7-13(3)9-15/h7-9,14H,5-6,10-11H2,1-4H3. The number of carbonyl (C=O) groups is 1. The van der Waals surface area contributed by atoms with Gasteiger partial charge in [0.25, 0.3) is 0 Å². The van der Waals surface area contributed by atoms with Crippen molar-refractivity contribution < 1.29 is 4.79 Å². The number of Topliss-reactive ketones (excluding diaryl/α,β-unsaturated/α-hetero) is 1. The van der Waals surface area contributed by atoms with Crippen molar-refractivity contribution in [1.29, 1.82) is 0 Å². The summed E-state index contributed by atoms with van der Waals surface area (Å²) in [5.74, 6) is 0.861. The smallest absolute Gasteiger partial charge is 0.133 e. The van der Waals surface area contributed by atoms with Gasteiger partial charge in [0.05, 0.1) is 0 Å². The highest BCUT2D eigenvalue weighted by Gasteiger charge is 2.09. The molecule has 1 unspecified atom stereocenters. The highest BCUT2D eigenvalue weighted by atomic mass is 16.1. The van der Waals surface area contributed by atoms with Crippen LogP contribution in [-0.4, -0.2) is 5.78 Å². The molecule has 0 aliphatic carbocycles. The van der Waals surface area contributed by atoms with Crippen molar-refractivity contribution in [2.24, 2.45) is 5.92 Å². The summed E-state index contributed by atoms with van der Waals surface area (Å²) in [7, 11) is 0. The summed E-state index contributed by atoms with van der Waals surface area (Å²) >= 11 is 0. The van der Waals surface area contributed by atoms with Crippen LogP contribution in [0.15, 0.2) is 18.2 Å². The van der Waals surface area contributed by atoms with Crippen LogP contribution >= 0.6 is 0 Å². The maximum Gasteiger partial charge on any atom is 0.133 e. The fourth-order valence-electron chi connectivity index (χ4n) is 2.43. The Morgan fingerprint density at radius 3 is 2.29 bits per heavy atom. The van der Waals surface area contributed by atoms with Crippen LogP contribution in [0.2, 0.25) is 0 Å². The van der Waals surface area contributed by atoms with E-state index in [-0.39, 0.29) is 0 Å². The normalized spacial score (nSPS) is 12.5. The number of hydrogen-bond donors (Lipinski definition) is 0. The van der Waals surface area contributed by atoms with Crippen molar-refractivity contribution in [2.45, 2.75) is 53.4 Å². The highest BCUT2D eigenvalue weighted by Crippen LogP contribution is 2.16. The van der Waals surface area contributed by atoms with Crippen LogP contribution in [0.1, 0.15) is 49.8 Å². The summed E-state index contributed by atoms with van der Waals surface area (Å²) in [4.78, 5) is 11.6. The van der Waals surface area contributed by atoms with Gasteiger partial charge in [-0.05, 0) is 38.2 Å². The first kappa shape index (κ1) is 14.0. The molecule has 1 heteroatoms. The monoisotopic (exact) mass is 232 g/mol. The molecule has 0 bridgehead atoms. The fraction of sp³-hybridized carbons (Fsp3) is 0.562. The van der Waals surface area contributed by atoms with E-state index in [1.54, 1.807) is 0 Å². The number of carbonyl (C=O) groups excluding carboxylic acids is 1. The zero-order valence-corrected chi connectivity index (χ0v) is 11.5. The third-order valence-corrected chi connectivity index (χ3v) is 2.97. The summed E-state index contributed by atoms with van der Waals surface area (Å²) in [5, 5.41) is 0. The Hall–Kier alpha value is -1.11. The van der Waals surface area contributed by atoms with E-state index < -0.39 is 0 Å². The molecule has 0 aliphatic rings. The SMILES string of the molecule is CCCC(=O)CC(C)Cc1cc(C)cc(C)c1. The number of hydrogen-bond acceptors (Lipinski definition) is 1. The third kappa shape index (κ3) is 5.16. The van der Waals surface area contributed by atoms with E-state index >= 15 is 0 Å². The van der Waals surface area contributed by atoms with Crippen molar-refractivity contribution in [1.82, 2.24) is 0 Å². The van der Waals surface area contributed by atoms with Gasteiger partial charge in [-0.2, -0.15) is 0 Å². The van der Waals surface area contributed by atoms with Crippen molar-refractivity contribution in [2.75, 3.05) is 0 Å². The second kappa shape index (κ2) is 6.58. The van der Waals surface area contributed by atoms with Crippen molar-refractivity contribution in [3.63, 3.8) is 0 Å². The van der Waals surface area contributed by atoms with E-state index in [0.717, 1.165) is 25.7 Å². The Morgan fingerprint density at radius 2 is 1.76 bits per heavy atom. The van der Waals surface area contributed by atoms with Crippen LogP contribution in [0, 0.1) is 19.8 Å². The van der Waals surface area contributed by atoms with E-state index in [9.17, 15) is 4.79 Å². The van der Waals surface area contributed by atoms with Gasteiger partial charge in [0.2, 0.25) is 0 Å². The predicted octanol–water partition coefficient (Wildman–Crippen LogP) is 4.24. The van der Waals surface area contributed by atoms with Gasteiger partial charge in [-0.3, -0.25) is 4.79 Å². The first-order valence-electron chi connectivity index (χ1n) is 6.60. The first-order chi connectivity index (χ1) is 8.01. The minimum absolute atomic E-state index is 0.407. The zero-order chi connectivity index (χ0) is 12.8. The van der Waals surface area contributed by atoms with E-state index in [1.165, 1.54) is 16.7 Å². The Bertz CT molecular complexity index is 359. The first-order valence-corrected chi connectivity index (χ1v) is 6.60. The summed E-state index contributed by atoms with van der Waals surface area (Å²) in [5.41, 5.74) is 3.98. The Balaban J connectivity index is 2.55. The van der Waals surface area contributed by atoms with Gasteiger partial charge in [-0.1, -0.05) is 43.2 Å². The van der Waals surface area contributed by atoms with Gasteiger partial charge in [-0.15, -0.1) is 0 Å². The molecular weight excluding hydrogens is 208 g/mol. The molecule has 1 nitrogen and oxygen atoms in total. The molecule has 94 valence electrons. The zero-order valence-electron chi connectivity index (χ0n) is 11.5. The van der Waals surface area contributed by atoms with Crippen molar-refractivity contribution >= 4 is 5.78 Å². The lowest BCUT2D eigenvalue weighted by Gasteiger charge is -2.11. The summed E-state index contributed by atoms with van der Waals surface area (Å²) in [6.07, 6.45) is 3.44. The van der Waals surface area contributed by atoms with Crippen molar-refractivity contribution in [3.8, 4) is 0 Å². The molecule has 1 aromatic carbocycles. The maximum absolute atomic E-state index is 11.6. The topological polar surface area (TPSA) is 17.1 Å². The lowest BCUT2D eigenvalue weighted by molar-refractivity contribution is -0.119. The molecule has 0 N–H and O–H groups in total. The molecule has 0 spiro atoms. The lowest BCUT2D eigenvalue weighted by Crippen LogP contribution is -2.08. The Morgan fingerprint density at radius 1 is 1.18 bits per heavy atom. The predicted molar refractivity (Wildman–Crippen MR) is 73.3 cm³/mol. The van der Waals surface area contributed by atoms with Gasteiger partial charge in [0.1, 0.15) is 5.78 Å². The van der Waals surface area contributed by atoms with E-state index in [2.05, 4.69) is 45.9 Å². The number of aryl methyl sites for hydroxylation is 2. The summed E-state index contributed by atoms with van der Waals surface area (Å²) < 4.78 is 0. The molecule has 0 amide bonds.